The normalized spacial score (nSPS) is 14.3. The quantitative estimate of drug-likeness (QED) is 0.811. The van der Waals surface area contributed by atoms with E-state index in [-0.39, 0.29) is 12.6 Å². The van der Waals surface area contributed by atoms with Crippen molar-refractivity contribution in [3.63, 3.8) is 0 Å². The SMILES string of the molecule is CCC(CCO)NC(C)c1ccc(OC)cc1Br. The lowest BCUT2D eigenvalue weighted by atomic mass is 10.1. The zero-order valence-electron chi connectivity index (χ0n) is 11.2. The molecule has 0 aliphatic heterocycles. The zero-order chi connectivity index (χ0) is 13.5. The Kier molecular flexibility index (Phi) is 6.68. The molecule has 2 N–H and O–H groups in total. The first kappa shape index (κ1) is 15.5. The number of halogens is 1. The van der Waals surface area contributed by atoms with E-state index < -0.39 is 0 Å². The van der Waals surface area contributed by atoms with Crippen LogP contribution < -0.4 is 10.1 Å². The number of rotatable bonds is 7. The highest BCUT2D eigenvalue weighted by Gasteiger charge is 2.14. The van der Waals surface area contributed by atoms with Crippen molar-refractivity contribution >= 4 is 15.9 Å². The van der Waals surface area contributed by atoms with Gasteiger partial charge in [0.25, 0.3) is 0 Å². The number of aliphatic hydroxyl groups is 1. The van der Waals surface area contributed by atoms with E-state index in [2.05, 4.69) is 41.2 Å². The van der Waals surface area contributed by atoms with E-state index in [9.17, 15) is 0 Å². The smallest absolute Gasteiger partial charge is 0.120 e. The van der Waals surface area contributed by atoms with Gasteiger partial charge in [-0.25, -0.2) is 0 Å². The summed E-state index contributed by atoms with van der Waals surface area (Å²) in [6.45, 7) is 4.48. The molecule has 0 spiro atoms. The van der Waals surface area contributed by atoms with E-state index in [0.717, 1.165) is 23.1 Å². The number of nitrogens with one attached hydrogen (secondary N) is 1. The number of ether oxygens (including phenoxy) is 1. The van der Waals surface area contributed by atoms with Crippen molar-refractivity contribution in [1.82, 2.24) is 5.32 Å². The van der Waals surface area contributed by atoms with Gasteiger partial charge in [0.2, 0.25) is 0 Å². The zero-order valence-corrected chi connectivity index (χ0v) is 12.8. The molecular formula is C14H22BrNO2. The molecule has 0 radical (unpaired) electrons. The van der Waals surface area contributed by atoms with Crippen molar-refractivity contribution in [1.29, 1.82) is 0 Å². The Balaban J connectivity index is 2.74. The predicted molar refractivity (Wildman–Crippen MR) is 78.0 cm³/mol. The van der Waals surface area contributed by atoms with Crippen LogP contribution >= 0.6 is 15.9 Å². The third-order valence-corrected chi connectivity index (χ3v) is 3.82. The molecule has 4 heteroatoms. The standard InChI is InChI=1S/C14H22BrNO2/c1-4-11(7-8-17)16-10(2)13-6-5-12(18-3)9-14(13)15/h5-6,9-11,16-17H,4,7-8H2,1-3H3. The molecule has 0 aromatic heterocycles. The van der Waals surface area contributed by atoms with Gasteiger partial charge in [-0.05, 0) is 37.5 Å². The molecule has 18 heavy (non-hydrogen) atoms. The lowest BCUT2D eigenvalue weighted by molar-refractivity contribution is 0.257. The van der Waals surface area contributed by atoms with Gasteiger partial charge in [-0.2, -0.15) is 0 Å². The van der Waals surface area contributed by atoms with Gasteiger partial charge in [-0.3, -0.25) is 0 Å². The molecule has 2 atom stereocenters. The summed E-state index contributed by atoms with van der Waals surface area (Å²) in [6.07, 6.45) is 1.80. The Labute approximate surface area is 118 Å². The average Bonchev–Trinajstić information content (AvgIpc) is 2.37. The fraction of sp³-hybridized carbons (Fsp3) is 0.571. The van der Waals surface area contributed by atoms with E-state index in [4.69, 9.17) is 9.84 Å². The van der Waals surface area contributed by atoms with Crippen LogP contribution in [0.2, 0.25) is 0 Å². The minimum atomic E-state index is 0.224. The van der Waals surface area contributed by atoms with Gasteiger partial charge in [0.15, 0.2) is 0 Å². The maximum atomic E-state index is 9.01. The van der Waals surface area contributed by atoms with Crippen LogP contribution in [0.15, 0.2) is 22.7 Å². The second kappa shape index (κ2) is 7.77. The van der Waals surface area contributed by atoms with Crippen LogP contribution in [0.1, 0.15) is 38.3 Å². The minimum absolute atomic E-state index is 0.224. The third-order valence-electron chi connectivity index (χ3n) is 3.13. The molecule has 0 fully saturated rings. The molecule has 2 unspecified atom stereocenters. The van der Waals surface area contributed by atoms with Crippen LogP contribution in [-0.2, 0) is 0 Å². The van der Waals surface area contributed by atoms with E-state index in [0.29, 0.717) is 6.04 Å². The van der Waals surface area contributed by atoms with Crippen molar-refractivity contribution in [2.24, 2.45) is 0 Å². The summed E-state index contributed by atoms with van der Waals surface area (Å²) in [6, 6.07) is 6.58. The van der Waals surface area contributed by atoms with Gasteiger partial charge in [-0.15, -0.1) is 0 Å². The van der Waals surface area contributed by atoms with Crippen LogP contribution in [0.3, 0.4) is 0 Å². The molecule has 3 nitrogen and oxygen atoms in total. The number of hydrogen-bond donors (Lipinski definition) is 2. The maximum Gasteiger partial charge on any atom is 0.120 e. The molecule has 1 aromatic rings. The average molecular weight is 316 g/mol. The van der Waals surface area contributed by atoms with Crippen LogP contribution in [0.5, 0.6) is 5.75 Å². The summed E-state index contributed by atoms with van der Waals surface area (Å²) >= 11 is 3.57. The van der Waals surface area contributed by atoms with Gasteiger partial charge >= 0.3 is 0 Å². The Morgan fingerprint density at radius 1 is 1.44 bits per heavy atom. The van der Waals surface area contributed by atoms with Crippen LogP contribution in [-0.4, -0.2) is 24.9 Å². The van der Waals surface area contributed by atoms with Gasteiger partial charge in [-0.1, -0.05) is 28.9 Å². The molecule has 1 rings (SSSR count). The minimum Gasteiger partial charge on any atom is -0.497 e. The summed E-state index contributed by atoms with van der Waals surface area (Å²) in [5, 5.41) is 12.5. The summed E-state index contributed by atoms with van der Waals surface area (Å²) in [5.41, 5.74) is 1.20. The van der Waals surface area contributed by atoms with Gasteiger partial charge in [0.05, 0.1) is 7.11 Å². The van der Waals surface area contributed by atoms with Crippen molar-refractivity contribution < 1.29 is 9.84 Å². The van der Waals surface area contributed by atoms with Crippen molar-refractivity contribution in [2.75, 3.05) is 13.7 Å². The highest BCUT2D eigenvalue weighted by Crippen LogP contribution is 2.28. The Morgan fingerprint density at radius 3 is 2.67 bits per heavy atom. The first-order chi connectivity index (χ1) is 8.62. The summed E-state index contributed by atoms with van der Waals surface area (Å²) < 4.78 is 6.23. The predicted octanol–water partition coefficient (Wildman–Crippen LogP) is 3.27. The molecule has 0 amide bonds. The fourth-order valence-corrected chi connectivity index (χ4v) is 2.69. The monoisotopic (exact) mass is 315 g/mol. The Morgan fingerprint density at radius 2 is 2.17 bits per heavy atom. The lowest BCUT2D eigenvalue weighted by Gasteiger charge is -2.23. The Hall–Kier alpha value is -0.580. The lowest BCUT2D eigenvalue weighted by Crippen LogP contribution is -2.32. The number of methoxy groups -OCH3 is 1. The largest absolute Gasteiger partial charge is 0.497 e. The molecule has 0 aliphatic rings. The van der Waals surface area contributed by atoms with Crippen LogP contribution in [0.25, 0.3) is 0 Å². The highest BCUT2D eigenvalue weighted by molar-refractivity contribution is 9.10. The maximum absolute atomic E-state index is 9.01. The van der Waals surface area contributed by atoms with E-state index in [1.54, 1.807) is 7.11 Å². The van der Waals surface area contributed by atoms with E-state index in [1.807, 2.05) is 12.1 Å². The third kappa shape index (κ3) is 4.26. The second-order valence-corrected chi connectivity index (χ2v) is 5.25. The van der Waals surface area contributed by atoms with Crippen molar-refractivity contribution in [3.8, 4) is 5.75 Å². The summed E-state index contributed by atoms with van der Waals surface area (Å²) in [7, 11) is 1.66. The fourth-order valence-electron chi connectivity index (χ4n) is 1.99. The number of benzene rings is 1. The molecule has 102 valence electrons. The first-order valence-corrected chi connectivity index (χ1v) is 7.12. The van der Waals surface area contributed by atoms with Crippen LogP contribution in [0.4, 0.5) is 0 Å². The molecule has 0 aliphatic carbocycles. The first-order valence-electron chi connectivity index (χ1n) is 6.32. The van der Waals surface area contributed by atoms with E-state index >= 15 is 0 Å². The topological polar surface area (TPSA) is 41.5 Å². The highest BCUT2D eigenvalue weighted by atomic mass is 79.9. The Bertz CT molecular complexity index is 371. The van der Waals surface area contributed by atoms with E-state index in [1.165, 1.54) is 5.56 Å². The van der Waals surface area contributed by atoms with Crippen LogP contribution in [0, 0.1) is 0 Å². The van der Waals surface area contributed by atoms with Gasteiger partial charge < -0.3 is 15.2 Å². The van der Waals surface area contributed by atoms with Crippen molar-refractivity contribution in [3.05, 3.63) is 28.2 Å². The van der Waals surface area contributed by atoms with Gasteiger partial charge in [0.1, 0.15) is 5.75 Å². The molecule has 1 aromatic carbocycles. The van der Waals surface area contributed by atoms with Crippen molar-refractivity contribution in [2.45, 2.75) is 38.8 Å². The van der Waals surface area contributed by atoms with Gasteiger partial charge in [0, 0.05) is 23.2 Å². The second-order valence-electron chi connectivity index (χ2n) is 4.39. The summed E-state index contributed by atoms with van der Waals surface area (Å²) in [5.74, 6) is 0.847. The molecule has 0 heterocycles. The number of hydrogen-bond acceptors (Lipinski definition) is 3. The summed E-state index contributed by atoms with van der Waals surface area (Å²) in [4.78, 5) is 0. The molecular weight excluding hydrogens is 294 g/mol. The number of aliphatic hydroxyl groups excluding tert-OH is 1. The molecule has 0 saturated carbocycles. The molecule has 0 bridgehead atoms. The molecule has 0 saturated heterocycles.